The highest BCUT2D eigenvalue weighted by Crippen LogP contribution is 2.22. The zero-order chi connectivity index (χ0) is 12.8. The van der Waals surface area contributed by atoms with E-state index < -0.39 is 0 Å². The number of ether oxygens (including phenoxy) is 1. The molecule has 0 unspecified atom stereocenters. The molecule has 5 nitrogen and oxygen atoms in total. The van der Waals surface area contributed by atoms with Crippen LogP contribution in [0.1, 0.15) is 17.3 Å². The van der Waals surface area contributed by atoms with Gasteiger partial charge in [-0.05, 0) is 25.1 Å². The summed E-state index contributed by atoms with van der Waals surface area (Å²) in [6.07, 6.45) is 0. The summed E-state index contributed by atoms with van der Waals surface area (Å²) in [6.45, 7) is 2.68. The second-order valence-electron chi connectivity index (χ2n) is 3.57. The van der Waals surface area contributed by atoms with E-state index in [2.05, 4.69) is 0 Å². The molecule has 94 valence electrons. The van der Waals surface area contributed by atoms with Crippen LogP contribution < -0.4 is 10.5 Å². The van der Waals surface area contributed by atoms with E-state index in [1.165, 1.54) is 7.11 Å². The largest absolute Gasteiger partial charge is 0.495 e. The number of carbonyl (C=O) groups excluding carboxylic acids is 1. The molecule has 0 heterocycles. The highest BCUT2D eigenvalue weighted by molar-refractivity contribution is 5.95. The Hall–Kier alpha value is -1.75. The molecular weight excluding hydrogens is 220 g/mol. The topological polar surface area (TPSA) is 75.8 Å². The zero-order valence-electron chi connectivity index (χ0n) is 10.1. The Bertz CT molecular complexity index is 393. The van der Waals surface area contributed by atoms with Gasteiger partial charge in [0.05, 0.1) is 19.4 Å². The Morgan fingerprint density at radius 3 is 2.76 bits per heavy atom. The number of aliphatic hydroxyl groups is 1. The van der Waals surface area contributed by atoms with E-state index in [1.54, 1.807) is 23.1 Å². The van der Waals surface area contributed by atoms with Crippen LogP contribution in [0.4, 0.5) is 5.69 Å². The smallest absolute Gasteiger partial charge is 0.254 e. The van der Waals surface area contributed by atoms with E-state index >= 15 is 0 Å². The van der Waals surface area contributed by atoms with Crippen LogP contribution in [0.25, 0.3) is 0 Å². The van der Waals surface area contributed by atoms with E-state index in [1.807, 2.05) is 6.92 Å². The Morgan fingerprint density at radius 2 is 2.24 bits per heavy atom. The lowest BCUT2D eigenvalue weighted by molar-refractivity contribution is 0.0731. The molecule has 5 heteroatoms. The minimum absolute atomic E-state index is 0.0499. The second kappa shape index (κ2) is 6.10. The molecule has 0 fully saturated rings. The summed E-state index contributed by atoms with van der Waals surface area (Å²) < 4.78 is 5.06. The number of hydrogen-bond donors (Lipinski definition) is 2. The summed E-state index contributed by atoms with van der Waals surface area (Å²) in [5.41, 5.74) is 6.68. The molecule has 0 saturated heterocycles. The van der Waals surface area contributed by atoms with Gasteiger partial charge in [-0.2, -0.15) is 0 Å². The van der Waals surface area contributed by atoms with E-state index in [-0.39, 0.29) is 12.5 Å². The normalized spacial score (nSPS) is 10.1. The van der Waals surface area contributed by atoms with Crippen molar-refractivity contribution in [1.82, 2.24) is 4.90 Å². The summed E-state index contributed by atoms with van der Waals surface area (Å²) in [5.74, 6) is 0.343. The molecule has 1 aromatic rings. The molecule has 1 rings (SSSR count). The molecule has 0 aliphatic carbocycles. The monoisotopic (exact) mass is 238 g/mol. The molecule has 1 aromatic carbocycles. The lowest BCUT2D eigenvalue weighted by Gasteiger charge is -2.20. The fourth-order valence-electron chi connectivity index (χ4n) is 1.55. The lowest BCUT2D eigenvalue weighted by Crippen LogP contribution is -2.33. The van der Waals surface area contributed by atoms with Crippen LogP contribution in [0.15, 0.2) is 18.2 Å². The third-order valence-corrected chi connectivity index (χ3v) is 2.52. The number of likely N-dealkylation sites (N-methyl/N-ethyl adjacent to an activating group) is 1. The number of nitrogens with zero attached hydrogens (tertiary/aromatic N) is 1. The van der Waals surface area contributed by atoms with Crippen LogP contribution in [-0.4, -0.2) is 42.7 Å². The molecule has 0 atom stereocenters. The van der Waals surface area contributed by atoms with Gasteiger partial charge in [0.1, 0.15) is 5.75 Å². The average Bonchev–Trinajstić information content (AvgIpc) is 2.35. The highest BCUT2D eigenvalue weighted by atomic mass is 16.5. The number of aliphatic hydroxyl groups excluding tert-OH is 1. The molecule has 0 spiro atoms. The Kier molecular flexibility index (Phi) is 4.78. The molecule has 0 aromatic heterocycles. The quantitative estimate of drug-likeness (QED) is 0.741. The van der Waals surface area contributed by atoms with Crippen molar-refractivity contribution in [3.8, 4) is 5.75 Å². The van der Waals surface area contributed by atoms with Crippen molar-refractivity contribution in [2.75, 3.05) is 32.5 Å². The number of carbonyl (C=O) groups is 1. The fraction of sp³-hybridized carbons (Fsp3) is 0.417. The third kappa shape index (κ3) is 3.10. The first kappa shape index (κ1) is 13.3. The van der Waals surface area contributed by atoms with Gasteiger partial charge in [-0.1, -0.05) is 0 Å². The molecule has 0 aliphatic rings. The highest BCUT2D eigenvalue weighted by Gasteiger charge is 2.14. The van der Waals surface area contributed by atoms with Gasteiger partial charge in [-0.25, -0.2) is 0 Å². The average molecular weight is 238 g/mol. The van der Waals surface area contributed by atoms with Crippen LogP contribution in [0.5, 0.6) is 5.75 Å². The second-order valence-corrected chi connectivity index (χ2v) is 3.57. The van der Waals surface area contributed by atoms with Gasteiger partial charge in [0.15, 0.2) is 0 Å². The molecular formula is C12H18N2O3. The first-order valence-electron chi connectivity index (χ1n) is 5.47. The van der Waals surface area contributed by atoms with Gasteiger partial charge in [-0.15, -0.1) is 0 Å². The van der Waals surface area contributed by atoms with Crippen LogP contribution in [0, 0.1) is 0 Å². The third-order valence-electron chi connectivity index (χ3n) is 2.52. The number of rotatable bonds is 5. The number of hydrogen-bond acceptors (Lipinski definition) is 4. The summed E-state index contributed by atoms with van der Waals surface area (Å²) in [4.78, 5) is 13.6. The number of nitrogen functional groups attached to an aromatic ring is 1. The van der Waals surface area contributed by atoms with Crippen molar-refractivity contribution in [1.29, 1.82) is 0 Å². The minimum atomic E-state index is -0.139. The van der Waals surface area contributed by atoms with Gasteiger partial charge < -0.3 is 20.5 Å². The number of anilines is 1. The first-order valence-corrected chi connectivity index (χ1v) is 5.47. The Labute approximate surface area is 101 Å². The predicted octanol–water partition coefficient (Wildman–Crippen LogP) is 0.732. The van der Waals surface area contributed by atoms with Crippen molar-refractivity contribution >= 4 is 11.6 Å². The molecule has 0 aliphatic heterocycles. The standard InChI is InChI=1S/C12H18N2O3/c1-3-14(6-7-15)12(16)9-4-5-10(13)11(8-9)17-2/h4-5,8,15H,3,6-7,13H2,1-2H3. The molecule has 3 N–H and O–H groups in total. The van der Waals surface area contributed by atoms with Crippen LogP contribution in [-0.2, 0) is 0 Å². The summed E-state index contributed by atoms with van der Waals surface area (Å²) in [6, 6.07) is 4.90. The van der Waals surface area contributed by atoms with Crippen molar-refractivity contribution in [3.63, 3.8) is 0 Å². The van der Waals surface area contributed by atoms with E-state index in [0.717, 1.165) is 0 Å². The Morgan fingerprint density at radius 1 is 1.53 bits per heavy atom. The Balaban J connectivity index is 2.95. The van der Waals surface area contributed by atoms with Gasteiger partial charge in [-0.3, -0.25) is 4.79 Å². The van der Waals surface area contributed by atoms with Gasteiger partial charge >= 0.3 is 0 Å². The maximum absolute atomic E-state index is 12.1. The molecule has 0 saturated carbocycles. The van der Waals surface area contributed by atoms with Crippen molar-refractivity contribution < 1.29 is 14.6 Å². The predicted molar refractivity (Wildman–Crippen MR) is 66.1 cm³/mol. The van der Waals surface area contributed by atoms with Crippen LogP contribution in [0.3, 0.4) is 0 Å². The van der Waals surface area contributed by atoms with Crippen LogP contribution >= 0.6 is 0 Å². The number of benzene rings is 1. The molecule has 0 radical (unpaired) electrons. The van der Waals surface area contributed by atoms with Gasteiger partial charge in [0.25, 0.3) is 5.91 Å². The zero-order valence-corrected chi connectivity index (χ0v) is 10.1. The number of methoxy groups -OCH3 is 1. The van der Waals surface area contributed by atoms with Crippen molar-refractivity contribution in [2.45, 2.75) is 6.92 Å². The lowest BCUT2D eigenvalue weighted by atomic mass is 10.1. The van der Waals surface area contributed by atoms with Crippen molar-refractivity contribution in [3.05, 3.63) is 23.8 Å². The van der Waals surface area contributed by atoms with Crippen molar-refractivity contribution in [2.24, 2.45) is 0 Å². The summed E-state index contributed by atoms with van der Waals surface area (Å²) in [7, 11) is 1.51. The van der Waals surface area contributed by atoms with E-state index in [0.29, 0.717) is 30.1 Å². The van der Waals surface area contributed by atoms with Gasteiger partial charge in [0.2, 0.25) is 0 Å². The fourth-order valence-corrected chi connectivity index (χ4v) is 1.55. The molecule has 17 heavy (non-hydrogen) atoms. The SMILES string of the molecule is CCN(CCO)C(=O)c1ccc(N)c(OC)c1. The van der Waals surface area contributed by atoms with Crippen LogP contribution in [0.2, 0.25) is 0 Å². The maximum atomic E-state index is 12.1. The summed E-state index contributed by atoms with van der Waals surface area (Å²) >= 11 is 0. The number of amides is 1. The minimum Gasteiger partial charge on any atom is -0.495 e. The number of nitrogens with two attached hydrogens (primary N) is 1. The summed E-state index contributed by atoms with van der Waals surface area (Å²) in [5, 5.41) is 8.87. The van der Waals surface area contributed by atoms with E-state index in [4.69, 9.17) is 15.6 Å². The van der Waals surface area contributed by atoms with Gasteiger partial charge in [0, 0.05) is 18.7 Å². The van der Waals surface area contributed by atoms with E-state index in [9.17, 15) is 4.79 Å². The maximum Gasteiger partial charge on any atom is 0.254 e. The molecule has 1 amide bonds. The first-order chi connectivity index (χ1) is 8.13. The molecule has 0 bridgehead atoms.